The lowest BCUT2D eigenvalue weighted by Gasteiger charge is -2.18. The summed E-state index contributed by atoms with van der Waals surface area (Å²) in [6.45, 7) is 5.28. The first-order chi connectivity index (χ1) is 11.8. The van der Waals surface area contributed by atoms with E-state index in [1.807, 2.05) is 0 Å². The number of quaternary nitrogens is 1. The summed E-state index contributed by atoms with van der Waals surface area (Å²) in [6, 6.07) is 0. The molecule has 0 aromatic heterocycles. The number of hydrogen-bond donors (Lipinski definition) is 1. The number of halogens is 1. The fourth-order valence-electron chi connectivity index (χ4n) is 2.68. The molecule has 0 rings (SSSR count). The molecule has 0 aliphatic heterocycles. The highest BCUT2D eigenvalue weighted by Crippen LogP contribution is 2.11. The molecule has 0 atom stereocenters. The fourth-order valence-corrected chi connectivity index (χ4v) is 2.68. The van der Waals surface area contributed by atoms with Gasteiger partial charge in [-0.15, -0.1) is 0 Å². The van der Waals surface area contributed by atoms with Crippen molar-refractivity contribution in [2.24, 2.45) is 0 Å². The second kappa shape index (κ2) is 22.9. The monoisotopic (exact) mass is 438 g/mol. The van der Waals surface area contributed by atoms with Gasteiger partial charge in [-0.3, -0.25) is 0 Å². The van der Waals surface area contributed by atoms with Crippen LogP contribution in [0.25, 0.3) is 0 Å². The highest BCUT2D eigenvalue weighted by Gasteiger charge is 2.07. The minimum Gasteiger partial charge on any atom is -1.00 e. The molecule has 159 valence electrons. The number of carbonyl (C=O) groups excluding carboxylic acids is 1. The Kier molecular flexibility index (Phi) is 27.0. The summed E-state index contributed by atoms with van der Waals surface area (Å²) >= 11 is 0. The van der Waals surface area contributed by atoms with Crippen LogP contribution in [0.1, 0.15) is 110 Å². The van der Waals surface area contributed by atoms with E-state index in [1.54, 1.807) is 14.1 Å². The Hall–Kier alpha value is -0.130. The number of carbonyl (C=O) groups is 1. The molecule has 26 heavy (non-hydrogen) atoms. The fraction of sp³-hybridized carbons (Fsp3) is 0.952. The van der Waals surface area contributed by atoms with Gasteiger partial charge in [0, 0.05) is 0 Å². The van der Waals surface area contributed by atoms with Gasteiger partial charge in [0.2, 0.25) is 0 Å². The quantitative estimate of drug-likeness (QED) is 0.228. The van der Waals surface area contributed by atoms with Crippen LogP contribution >= 0.6 is 0 Å². The molecule has 0 spiro atoms. The minimum absolute atomic E-state index is 0. The molecule has 0 aromatic carbocycles. The molecule has 0 fully saturated rings. The maximum Gasteiger partial charge on any atom is 0.355 e. The zero-order valence-corrected chi connectivity index (χ0v) is 19.5. The molecular formula is C21H45BrNO3. The lowest BCUT2D eigenvalue weighted by atomic mass is 10.1. The van der Waals surface area contributed by atoms with Crippen LogP contribution in [0.5, 0.6) is 0 Å². The van der Waals surface area contributed by atoms with E-state index in [9.17, 15) is 15.1 Å². The van der Waals surface area contributed by atoms with E-state index < -0.39 is 5.97 Å². The predicted molar refractivity (Wildman–Crippen MR) is 105 cm³/mol. The number of hydroxylamine groups is 3. The third-order valence-corrected chi connectivity index (χ3v) is 4.29. The zero-order chi connectivity index (χ0) is 19.4. The van der Waals surface area contributed by atoms with Gasteiger partial charge < -0.3 is 17.0 Å². The molecule has 0 aliphatic carbocycles. The van der Waals surface area contributed by atoms with Gasteiger partial charge in [-0.2, -0.15) is 4.65 Å². The summed E-state index contributed by atoms with van der Waals surface area (Å²) in [5.74, 6) is -0.907. The van der Waals surface area contributed by atoms with Crippen LogP contribution in [-0.2, 0) is 9.90 Å². The van der Waals surface area contributed by atoms with Crippen LogP contribution in [0, 0.1) is 0 Å². The van der Waals surface area contributed by atoms with E-state index in [0.717, 1.165) is 25.8 Å². The molecule has 4 nitrogen and oxygen atoms in total. The standard InChI is InChI=1S/C14H27O2.C7H18NO.BrH/c1-2-3-4-5-6-7-8-9-10-11-12-13-14(15)16;1-4-5-6-7-8(2,3)9;/h2-13H2,1H3;9H,4-7H2,1-3H3;1H/q;+1;/p-1. The van der Waals surface area contributed by atoms with Crippen molar-refractivity contribution in [2.75, 3.05) is 20.6 Å². The molecule has 1 radical (unpaired) electrons. The van der Waals surface area contributed by atoms with Crippen molar-refractivity contribution in [1.29, 1.82) is 0 Å². The van der Waals surface area contributed by atoms with Gasteiger partial charge in [-0.05, 0) is 19.3 Å². The molecule has 0 amide bonds. The van der Waals surface area contributed by atoms with Gasteiger partial charge in [-0.1, -0.05) is 84.5 Å². The Bertz CT molecular complexity index is 281. The third kappa shape index (κ3) is 35.1. The second-order valence-electron chi connectivity index (χ2n) is 7.71. The van der Waals surface area contributed by atoms with Gasteiger partial charge in [0.15, 0.2) is 0 Å². The number of unbranched alkanes of at least 4 members (excludes halogenated alkanes) is 12. The Balaban J connectivity index is -0.000000453. The molecule has 1 N–H and O–H groups in total. The normalized spacial score (nSPS) is 10.7. The van der Waals surface area contributed by atoms with Crippen molar-refractivity contribution in [3.63, 3.8) is 0 Å². The molecule has 0 aliphatic rings. The number of rotatable bonds is 16. The summed E-state index contributed by atoms with van der Waals surface area (Å²) in [5, 5.41) is 19.3. The topological polar surface area (TPSA) is 57.2 Å². The second-order valence-corrected chi connectivity index (χ2v) is 7.71. The minimum atomic E-state index is -0.907. The van der Waals surface area contributed by atoms with E-state index in [0.29, 0.717) is 0 Å². The van der Waals surface area contributed by atoms with Crippen LogP contribution < -0.4 is 17.0 Å². The Morgan fingerprint density at radius 3 is 1.38 bits per heavy atom. The van der Waals surface area contributed by atoms with Crippen molar-refractivity contribution in [3.8, 4) is 0 Å². The first-order valence-corrected chi connectivity index (χ1v) is 10.6. The van der Waals surface area contributed by atoms with E-state index >= 15 is 0 Å². The lowest BCUT2D eigenvalue weighted by molar-refractivity contribution is -1.07. The van der Waals surface area contributed by atoms with Crippen molar-refractivity contribution in [1.82, 2.24) is 0 Å². The van der Waals surface area contributed by atoms with Gasteiger partial charge in [0.05, 0.1) is 20.5 Å². The Labute approximate surface area is 173 Å². The Morgan fingerprint density at radius 2 is 1.04 bits per heavy atom. The summed E-state index contributed by atoms with van der Waals surface area (Å²) in [5.41, 5.74) is 0. The molecule has 0 unspecified atom stereocenters. The molecule has 0 bridgehead atoms. The van der Waals surface area contributed by atoms with E-state index in [2.05, 4.69) is 13.8 Å². The average molecular weight is 439 g/mol. The highest BCUT2D eigenvalue weighted by atomic mass is 79.9. The maximum absolute atomic E-state index is 10.1. The van der Waals surface area contributed by atoms with Crippen molar-refractivity contribution >= 4 is 5.97 Å². The van der Waals surface area contributed by atoms with Crippen molar-refractivity contribution < 1.29 is 36.7 Å². The van der Waals surface area contributed by atoms with Crippen LogP contribution in [0.3, 0.4) is 0 Å². The molecule has 5 heteroatoms. The highest BCUT2D eigenvalue weighted by molar-refractivity contribution is 5.66. The SMILES string of the molecule is CCCCCCCCCCCCCC([O])=O.CCCCC[N+](C)(C)O.[Br-]. The van der Waals surface area contributed by atoms with E-state index in [4.69, 9.17) is 0 Å². The first-order valence-electron chi connectivity index (χ1n) is 10.6. The maximum atomic E-state index is 10.1. The van der Waals surface area contributed by atoms with Crippen molar-refractivity contribution in [2.45, 2.75) is 110 Å². The average Bonchev–Trinajstić information content (AvgIpc) is 2.52. The summed E-state index contributed by atoms with van der Waals surface area (Å²) < 4.78 is 0.111. The van der Waals surface area contributed by atoms with E-state index in [1.165, 1.54) is 70.6 Å². The lowest BCUT2D eigenvalue weighted by Crippen LogP contribution is -3.00. The van der Waals surface area contributed by atoms with Gasteiger partial charge in [0.1, 0.15) is 6.54 Å². The molecular weight excluding hydrogens is 394 g/mol. The zero-order valence-electron chi connectivity index (χ0n) is 17.9. The Morgan fingerprint density at radius 1 is 0.692 bits per heavy atom. The summed E-state index contributed by atoms with van der Waals surface area (Å²) in [4.78, 5) is 10.1. The first kappa shape index (κ1) is 30.6. The smallest absolute Gasteiger partial charge is 0.355 e. The van der Waals surface area contributed by atoms with Crippen LogP contribution in [-0.4, -0.2) is 36.5 Å². The molecule has 0 aromatic rings. The largest absolute Gasteiger partial charge is 1.00 e. The van der Waals surface area contributed by atoms with E-state index in [-0.39, 0.29) is 28.0 Å². The molecule has 0 saturated carbocycles. The summed E-state index contributed by atoms with van der Waals surface area (Å²) in [6.07, 6.45) is 17.6. The summed E-state index contributed by atoms with van der Waals surface area (Å²) in [7, 11) is 3.60. The predicted octanol–water partition coefficient (Wildman–Crippen LogP) is 3.29. The molecule has 0 heterocycles. The third-order valence-electron chi connectivity index (χ3n) is 4.29. The van der Waals surface area contributed by atoms with Crippen LogP contribution in [0.15, 0.2) is 0 Å². The van der Waals surface area contributed by atoms with Crippen molar-refractivity contribution in [3.05, 3.63) is 0 Å². The van der Waals surface area contributed by atoms with Crippen LogP contribution in [0.4, 0.5) is 0 Å². The van der Waals surface area contributed by atoms with Gasteiger partial charge >= 0.3 is 5.97 Å². The van der Waals surface area contributed by atoms with Gasteiger partial charge in [0.25, 0.3) is 0 Å². The number of nitrogens with zero attached hydrogens (tertiary/aromatic N) is 1. The van der Waals surface area contributed by atoms with Gasteiger partial charge in [-0.25, -0.2) is 15.1 Å². The molecule has 0 saturated heterocycles. The number of hydrogen-bond acceptors (Lipinski definition) is 2. The van der Waals surface area contributed by atoms with Crippen LogP contribution in [0.2, 0.25) is 0 Å².